The number of rotatable bonds is 7. The molecule has 22 heavy (non-hydrogen) atoms. The van der Waals surface area contributed by atoms with Gasteiger partial charge in [0.25, 0.3) is 0 Å². The number of guanidine groups is 1. The fraction of sp³-hybridized carbons (Fsp3) is 0.353. The normalized spacial score (nSPS) is 12.9. The lowest BCUT2D eigenvalue weighted by atomic mass is 10.1. The Labute approximate surface area is 131 Å². The smallest absolute Gasteiger partial charge is 0.191 e. The standard InChI is InChI=1S/C17H23N3O2/c1-2-18-17(20-13-16-9-6-10-22-16)19-12-15(21)11-14-7-4-3-5-8-14/h3-10,15,21H,2,11-13H2,1H3,(H2,18,19,20). The summed E-state index contributed by atoms with van der Waals surface area (Å²) in [4.78, 5) is 4.42. The van der Waals surface area contributed by atoms with Gasteiger partial charge in [-0.05, 0) is 24.6 Å². The molecule has 2 rings (SSSR count). The third-order valence-corrected chi connectivity index (χ3v) is 3.14. The van der Waals surface area contributed by atoms with Crippen LogP contribution in [0.2, 0.25) is 0 Å². The van der Waals surface area contributed by atoms with Crippen molar-refractivity contribution in [1.29, 1.82) is 0 Å². The Hall–Kier alpha value is -2.27. The van der Waals surface area contributed by atoms with Crippen molar-refractivity contribution in [2.75, 3.05) is 13.1 Å². The largest absolute Gasteiger partial charge is 0.467 e. The monoisotopic (exact) mass is 301 g/mol. The zero-order valence-corrected chi connectivity index (χ0v) is 12.8. The minimum atomic E-state index is -0.463. The number of furan rings is 1. The molecule has 0 fully saturated rings. The van der Waals surface area contributed by atoms with Crippen molar-refractivity contribution in [2.45, 2.75) is 26.0 Å². The Bertz CT molecular complexity index is 553. The first-order chi connectivity index (χ1) is 10.8. The molecular weight excluding hydrogens is 278 g/mol. The van der Waals surface area contributed by atoms with Crippen LogP contribution in [0.5, 0.6) is 0 Å². The first-order valence-electron chi connectivity index (χ1n) is 7.54. The quantitative estimate of drug-likeness (QED) is 0.540. The van der Waals surface area contributed by atoms with Gasteiger partial charge in [0.15, 0.2) is 5.96 Å². The summed E-state index contributed by atoms with van der Waals surface area (Å²) in [7, 11) is 0. The van der Waals surface area contributed by atoms with Crippen LogP contribution in [0, 0.1) is 0 Å². The van der Waals surface area contributed by atoms with E-state index in [-0.39, 0.29) is 0 Å². The molecule has 1 atom stereocenters. The summed E-state index contributed by atoms with van der Waals surface area (Å²) in [5.41, 5.74) is 1.12. The molecule has 1 aromatic carbocycles. The number of hydrogen-bond donors (Lipinski definition) is 3. The fourth-order valence-corrected chi connectivity index (χ4v) is 2.07. The minimum absolute atomic E-state index is 0.443. The zero-order chi connectivity index (χ0) is 15.6. The van der Waals surface area contributed by atoms with E-state index in [4.69, 9.17) is 4.42 Å². The number of aliphatic imine (C=N–C) groups is 1. The molecule has 3 N–H and O–H groups in total. The summed E-state index contributed by atoms with van der Waals surface area (Å²) in [6.45, 7) is 3.68. The van der Waals surface area contributed by atoms with E-state index in [1.165, 1.54) is 0 Å². The molecule has 0 spiro atoms. The Balaban J connectivity index is 1.81. The van der Waals surface area contributed by atoms with Crippen LogP contribution in [-0.2, 0) is 13.0 Å². The molecule has 0 aliphatic heterocycles. The first-order valence-corrected chi connectivity index (χ1v) is 7.54. The van der Waals surface area contributed by atoms with Gasteiger partial charge in [-0.3, -0.25) is 0 Å². The van der Waals surface area contributed by atoms with Crippen molar-refractivity contribution >= 4 is 5.96 Å². The number of nitrogens with zero attached hydrogens (tertiary/aromatic N) is 1. The van der Waals surface area contributed by atoms with Gasteiger partial charge < -0.3 is 20.2 Å². The average Bonchev–Trinajstić information content (AvgIpc) is 3.04. The maximum atomic E-state index is 10.1. The molecule has 0 aliphatic carbocycles. The van der Waals surface area contributed by atoms with Crippen molar-refractivity contribution in [3.63, 3.8) is 0 Å². The summed E-state index contributed by atoms with van der Waals surface area (Å²) >= 11 is 0. The summed E-state index contributed by atoms with van der Waals surface area (Å²) in [5, 5.41) is 16.4. The maximum Gasteiger partial charge on any atom is 0.191 e. The number of benzene rings is 1. The predicted octanol–water partition coefficient (Wildman–Crippen LogP) is 1.94. The van der Waals surface area contributed by atoms with Gasteiger partial charge in [-0.2, -0.15) is 0 Å². The zero-order valence-electron chi connectivity index (χ0n) is 12.8. The van der Waals surface area contributed by atoms with Gasteiger partial charge in [0.1, 0.15) is 12.3 Å². The highest BCUT2D eigenvalue weighted by atomic mass is 16.3. The SMILES string of the molecule is CCNC(=NCc1ccco1)NCC(O)Cc1ccccc1. The van der Waals surface area contributed by atoms with Crippen LogP contribution >= 0.6 is 0 Å². The third kappa shape index (κ3) is 5.61. The van der Waals surface area contributed by atoms with E-state index in [2.05, 4.69) is 15.6 Å². The number of hydrogen-bond acceptors (Lipinski definition) is 3. The first kappa shape index (κ1) is 16.1. The van der Waals surface area contributed by atoms with Crippen LogP contribution in [0.25, 0.3) is 0 Å². The Morgan fingerprint density at radius 1 is 1.18 bits per heavy atom. The van der Waals surface area contributed by atoms with E-state index >= 15 is 0 Å². The van der Waals surface area contributed by atoms with E-state index in [1.807, 2.05) is 49.4 Å². The Kier molecular flexibility index (Phi) is 6.51. The number of aliphatic hydroxyl groups is 1. The van der Waals surface area contributed by atoms with Gasteiger partial charge >= 0.3 is 0 Å². The van der Waals surface area contributed by atoms with Crippen molar-refractivity contribution < 1.29 is 9.52 Å². The number of nitrogens with one attached hydrogen (secondary N) is 2. The highest BCUT2D eigenvalue weighted by Gasteiger charge is 2.07. The van der Waals surface area contributed by atoms with Crippen molar-refractivity contribution in [3.8, 4) is 0 Å². The van der Waals surface area contributed by atoms with Crippen LogP contribution in [0.15, 0.2) is 58.1 Å². The molecule has 0 amide bonds. The second-order valence-electron chi connectivity index (χ2n) is 5.00. The van der Waals surface area contributed by atoms with Gasteiger partial charge in [0.2, 0.25) is 0 Å². The third-order valence-electron chi connectivity index (χ3n) is 3.14. The molecule has 1 heterocycles. The molecule has 1 aromatic heterocycles. The molecule has 2 aromatic rings. The lowest BCUT2D eigenvalue weighted by molar-refractivity contribution is 0.177. The van der Waals surface area contributed by atoms with Crippen LogP contribution in [-0.4, -0.2) is 30.3 Å². The molecule has 0 radical (unpaired) electrons. The molecule has 0 bridgehead atoms. The second kappa shape index (κ2) is 8.89. The minimum Gasteiger partial charge on any atom is -0.467 e. The van der Waals surface area contributed by atoms with Gasteiger partial charge in [0.05, 0.1) is 12.4 Å². The Morgan fingerprint density at radius 3 is 2.68 bits per heavy atom. The molecule has 1 unspecified atom stereocenters. The number of aliphatic hydroxyl groups excluding tert-OH is 1. The average molecular weight is 301 g/mol. The highest BCUT2D eigenvalue weighted by molar-refractivity contribution is 5.79. The summed E-state index contributed by atoms with van der Waals surface area (Å²) in [5.74, 6) is 1.48. The maximum absolute atomic E-state index is 10.1. The van der Waals surface area contributed by atoms with E-state index < -0.39 is 6.10 Å². The van der Waals surface area contributed by atoms with Crippen LogP contribution in [0.4, 0.5) is 0 Å². The van der Waals surface area contributed by atoms with Crippen LogP contribution in [0.1, 0.15) is 18.2 Å². The van der Waals surface area contributed by atoms with Crippen molar-refractivity contribution in [3.05, 3.63) is 60.1 Å². The molecule has 0 saturated carbocycles. The van der Waals surface area contributed by atoms with E-state index in [9.17, 15) is 5.11 Å². The van der Waals surface area contributed by atoms with Gasteiger partial charge in [-0.15, -0.1) is 0 Å². The van der Waals surface area contributed by atoms with Gasteiger partial charge in [0, 0.05) is 19.5 Å². The highest BCUT2D eigenvalue weighted by Crippen LogP contribution is 2.03. The second-order valence-corrected chi connectivity index (χ2v) is 5.00. The molecule has 0 aliphatic rings. The lowest BCUT2D eigenvalue weighted by Crippen LogP contribution is -2.41. The summed E-state index contributed by atoms with van der Waals surface area (Å²) < 4.78 is 5.25. The predicted molar refractivity (Wildman–Crippen MR) is 87.7 cm³/mol. The topological polar surface area (TPSA) is 69.8 Å². The summed E-state index contributed by atoms with van der Waals surface area (Å²) in [6.07, 6.45) is 1.79. The summed E-state index contributed by atoms with van der Waals surface area (Å²) in [6, 6.07) is 13.7. The molecule has 118 valence electrons. The molecular formula is C17H23N3O2. The van der Waals surface area contributed by atoms with Crippen molar-refractivity contribution in [1.82, 2.24) is 10.6 Å². The van der Waals surface area contributed by atoms with Crippen molar-refractivity contribution in [2.24, 2.45) is 4.99 Å². The van der Waals surface area contributed by atoms with Gasteiger partial charge in [-0.1, -0.05) is 30.3 Å². The van der Waals surface area contributed by atoms with E-state index in [1.54, 1.807) is 6.26 Å². The molecule has 5 heteroatoms. The lowest BCUT2D eigenvalue weighted by Gasteiger charge is -2.15. The van der Waals surface area contributed by atoms with E-state index in [0.29, 0.717) is 25.5 Å². The molecule has 5 nitrogen and oxygen atoms in total. The van der Waals surface area contributed by atoms with Crippen LogP contribution in [0.3, 0.4) is 0 Å². The van der Waals surface area contributed by atoms with Gasteiger partial charge in [-0.25, -0.2) is 4.99 Å². The van der Waals surface area contributed by atoms with Crippen LogP contribution < -0.4 is 10.6 Å². The Morgan fingerprint density at radius 2 is 2.00 bits per heavy atom. The fourth-order valence-electron chi connectivity index (χ4n) is 2.07. The van der Waals surface area contributed by atoms with E-state index in [0.717, 1.165) is 17.9 Å². The molecule has 0 saturated heterocycles.